The van der Waals surface area contributed by atoms with Crippen LogP contribution in [0.5, 0.6) is 0 Å². The molecule has 0 aromatic heterocycles. The molecular weight excluding hydrogens is 300 g/mol. The number of ether oxygens (including phenoxy) is 2. The monoisotopic (exact) mass is 332 g/mol. The largest absolute Gasteiger partial charge is 0.503 e. The summed E-state index contributed by atoms with van der Waals surface area (Å²) in [4.78, 5) is 0. The molecule has 5 nitrogen and oxygen atoms in total. The van der Waals surface area contributed by atoms with Gasteiger partial charge in [-0.1, -0.05) is 19.8 Å². The quantitative estimate of drug-likeness (QED) is 0.278. The molecule has 22 heavy (non-hydrogen) atoms. The van der Waals surface area contributed by atoms with Crippen molar-refractivity contribution in [1.82, 2.24) is 0 Å². The lowest BCUT2D eigenvalue weighted by Crippen LogP contribution is -2.47. The van der Waals surface area contributed by atoms with Crippen LogP contribution >= 0.6 is 0 Å². The van der Waals surface area contributed by atoms with E-state index in [2.05, 4.69) is 6.92 Å². The number of rotatable bonds is 14. The Labute approximate surface area is 136 Å². The lowest BCUT2D eigenvalue weighted by Gasteiger charge is -2.28. The van der Waals surface area contributed by atoms with Gasteiger partial charge in [0, 0.05) is 25.9 Å². The van der Waals surface area contributed by atoms with Gasteiger partial charge in [0.25, 0.3) is 0 Å². The number of hydrogen-bond acceptors (Lipinski definition) is 5. The average Bonchev–Trinajstić information content (AvgIpc) is 3.36. The van der Waals surface area contributed by atoms with Crippen molar-refractivity contribution in [3.05, 3.63) is 0 Å². The van der Waals surface area contributed by atoms with Crippen molar-refractivity contribution in [2.24, 2.45) is 5.92 Å². The minimum atomic E-state index is -2.53. The van der Waals surface area contributed by atoms with Gasteiger partial charge in [-0.2, -0.15) is 0 Å². The van der Waals surface area contributed by atoms with Gasteiger partial charge < -0.3 is 22.8 Å². The van der Waals surface area contributed by atoms with Crippen molar-refractivity contribution < 1.29 is 22.8 Å². The Bertz CT molecular complexity index is 301. The van der Waals surface area contributed by atoms with Gasteiger partial charge in [-0.15, -0.1) is 0 Å². The second-order valence-corrected chi connectivity index (χ2v) is 8.99. The maximum Gasteiger partial charge on any atom is 0.503 e. The molecule has 0 aromatic rings. The van der Waals surface area contributed by atoms with Crippen molar-refractivity contribution in [2.45, 2.75) is 64.7 Å². The third-order valence-electron chi connectivity index (χ3n) is 4.09. The Morgan fingerprint density at radius 3 is 2.18 bits per heavy atom. The Morgan fingerprint density at radius 2 is 1.64 bits per heavy atom. The van der Waals surface area contributed by atoms with Gasteiger partial charge in [-0.05, 0) is 32.6 Å². The van der Waals surface area contributed by atoms with Crippen molar-refractivity contribution in [1.29, 1.82) is 0 Å². The predicted molar refractivity (Wildman–Crippen MR) is 86.9 cm³/mol. The molecule has 0 radical (unpaired) electrons. The molecule has 2 rings (SSSR count). The first-order valence-corrected chi connectivity index (χ1v) is 10.8. The summed E-state index contributed by atoms with van der Waals surface area (Å²) in [5.41, 5.74) is 0. The van der Waals surface area contributed by atoms with Crippen LogP contribution in [0.3, 0.4) is 0 Å². The van der Waals surface area contributed by atoms with E-state index in [-0.39, 0.29) is 6.10 Å². The normalized spacial score (nSPS) is 25.2. The zero-order chi connectivity index (χ0) is 15.8. The van der Waals surface area contributed by atoms with Crippen LogP contribution in [0.2, 0.25) is 6.04 Å². The number of epoxide rings is 2. The van der Waals surface area contributed by atoms with Crippen molar-refractivity contribution in [3.63, 3.8) is 0 Å². The molecule has 3 unspecified atom stereocenters. The van der Waals surface area contributed by atoms with Crippen LogP contribution in [-0.2, 0) is 22.8 Å². The Kier molecular flexibility index (Phi) is 7.80. The molecular formula is C16H32O5Si. The van der Waals surface area contributed by atoms with Crippen molar-refractivity contribution in [2.75, 3.05) is 33.0 Å². The summed E-state index contributed by atoms with van der Waals surface area (Å²) in [6, 6.07) is 0.796. The highest BCUT2D eigenvalue weighted by molar-refractivity contribution is 6.61. The van der Waals surface area contributed by atoms with E-state index in [1.807, 2.05) is 13.8 Å². The van der Waals surface area contributed by atoms with Crippen molar-refractivity contribution >= 4 is 8.80 Å². The summed E-state index contributed by atoms with van der Waals surface area (Å²) < 4.78 is 28.6. The van der Waals surface area contributed by atoms with Gasteiger partial charge in [-0.25, -0.2) is 0 Å². The lowest BCUT2D eigenvalue weighted by molar-refractivity contribution is 0.0635. The van der Waals surface area contributed by atoms with Gasteiger partial charge >= 0.3 is 8.80 Å². The molecule has 2 aliphatic heterocycles. The van der Waals surface area contributed by atoms with Gasteiger partial charge in [0.05, 0.1) is 25.4 Å². The molecule has 0 aliphatic carbocycles. The van der Waals surface area contributed by atoms with Crippen LogP contribution < -0.4 is 0 Å². The Balaban J connectivity index is 1.63. The van der Waals surface area contributed by atoms with Crippen LogP contribution in [0, 0.1) is 5.92 Å². The highest BCUT2D eigenvalue weighted by Gasteiger charge is 2.46. The van der Waals surface area contributed by atoms with Gasteiger partial charge in [-0.3, -0.25) is 0 Å². The maximum absolute atomic E-state index is 6.13. The van der Waals surface area contributed by atoms with Crippen LogP contribution in [0.1, 0.15) is 46.5 Å². The number of hydrogen-bond donors (Lipinski definition) is 0. The van der Waals surface area contributed by atoms with Crippen LogP contribution in [0.15, 0.2) is 0 Å². The Morgan fingerprint density at radius 1 is 1.00 bits per heavy atom. The van der Waals surface area contributed by atoms with E-state index in [1.54, 1.807) is 0 Å². The minimum absolute atomic E-state index is 0.281. The summed E-state index contributed by atoms with van der Waals surface area (Å²) >= 11 is 0. The molecule has 3 atom stereocenters. The standard InChI is InChI=1S/C16H32O5Si/c1-4-19-22(20-5-2,13-16-12-18-16)21-9-7-6-8-14(3)10-15-11-17-15/h14-16H,4-13H2,1-3H3. The molecule has 2 saturated heterocycles. The van der Waals surface area contributed by atoms with Crippen LogP contribution in [-0.4, -0.2) is 54.0 Å². The highest BCUT2D eigenvalue weighted by Crippen LogP contribution is 2.27. The van der Waals surface area contributed by atoms with E-state index in [9.17, 15) is 0 Å². The first-order chi connectivity index (χ1) is 10.7. The second kappa shape index (κ2) is 9.35. The van der Waals surface area contributed by atoms with Crippen LogP contribution in [0.25, 0.3) is 0 Å². The Hall–Kier alpha value is 0.0169. The van der Waals surface area contributed by atoms with Gasteiger partial charge in [0.1, 0.15) is 0 Å². The smallest absolute Gasteiger partial charge is 0.374 e. The summed E-state index contributed by atoms with van der Waals surface area (Å²) in [5, 5.41) is 0. The maximum atomic E-state index is 6.13. The van der Waals surface area contributed by atoms with E-state index in [0.29, 0.717) is 19.3 Å². The van der Waals surface area contributed by atoms with E-state index < -0.39 is 8.80 Å². The van der Waals surface area contributed by atoms with E-state index in [0.717, 1.165) is 38.2 Å². The summed E-state index contributed by atoms with van der Waals surface area (Å²) in [5.74, 6) is 0.744. The fourth-order valence-corrected chi connectivity index (χ4v) is 5.53. The average molecular weight is 333 g/mol. The molecule has 2 heterocycles. The summed E-state index contributed by atoms with van der Waals surface area (Å²) in [6.45, 7) is 10.1. The third kappa shape index (κ3) is 7.06. The van der Waals surface area contributed by atoms with E-state index >= 15 is 0 Å². The van der Waals surface area contributed by atoms with Crippen molar-refractivity contribution in [3.8, 4) is 0 Å². The molecule has 0 spiro atoms. The molecule has 0 saturated carbocycles. The van der Waals surface area contributed by atoms with E-state index in [1.165, 1.54) is 19.3 Å². The lowest BCUT2D eigenvalue weighted by atomic mass is 9.99. The van der Waals surface area contributed by atoms with E-state index in [4.69, 9.17) is 22.8 Å². The molecule has 0 aromatic carbocycles. The molecule has 0 N–H and O–H groups in total. The molecule has 2 aliphatic rings. The molecule has 6 heteroatoms. The molecule has 0 amide bonds. The zero-order valence-corrected chi connectivity index (χ0v) is 15.3. The predicted octanol–water partition coefficient (Wildman–Crippen LogP) is 3.01. The second-order valence-electron chi connectivity index (χ2n) is 6.35. The van der Waals surface area contributed by atoms with Gasteiger partial charge in [0.2, 0.25) is 0 Å². The van der Waals surface area contributed by atoms with Gasteiger partial charge in [0.15, 0.2) is 0 Å². The summed E-state index contributed by atoms with van der Waals surface area (Å²) in [7, 11) is -2.53. The fraction of sp³-hybridized carbons (Fsp3) is 1.00. The highest BCUT2D eigenvalue weighted by atomic mass is 28.4. The fourth-order valence-electron chi connectivity index (χ4n) is 2.80. The molecule has 130 valence electrons. The molecule has 2 fully saturated rings. The van der Waals surface area contributed by atoms with Crippen LogP contribution in [0.4, 0.5) is 0 Å². The summed E-state index contributed by atoms with van der Waals surface area (Å²) in [6.07, 6.45) is 5.53. The first-order valence-electron chi connectivity index (χ1n) is 8.82. The first kappa shape index (κ1) is 18.4. The third-order valence-corrected chi connectivity index (χ3v) is 7.15. The number of unbranched alkanes of at least 4 members (excludes halogenated alkanes) is 1. The molecule has 0 bridgehead atoms. The topological polar surface area (TPSA) is 52.8 Å². The SMILES string of the molecule is CCO[Si](CC1CO1)(OCC)OCCCCC(C)CC1CO1. The zero-order valence-electron chi connectivity index (χ0n) is 14.3. The minimum Gasteiger partial charge on any atom is -0.374 e.